The zero-order chi connectivity index (χ0) is 13.8. The number of ether oxygens (including phenoxy) is 1. The minimum atomic E-state index is -0.0925. The first-order valence-electron chi connectivity index (χ1n) is 6.11. The number of thiophene rings is 1. The highest BCUT2D eigenvalue weighted by Gasteiger charge is 2.16. The summed E-state index contributed by atoms with van der Waals surface area (Å²) in [5.74, 6) is 0.754. The molecule has 0 unspecified atom stereocenters. The monoisotopic (exact) mass is 275 g/mol. The Balaban J connectivity index is 2.15. The van der Waals surface area contributed by atoms with E-state index >= 15 is 0 Å². The topological polar surface area (TPSA) is 38.3 Å². The first kappa shape index (κ1) is 13.6. The molecule has 0 aliphatic carbocycles. The van der Waals surface area contributed by atoms with Crippen molar-refractivity contribution in [3.8, 4) is 5.75 Å². The SMILES string of the molecule is COc1ccccc1[C@@H](C)NC(=O)c1sccc1C. The van der Waals surface area contributed by atoms with Gasteiger partial charge in [-0.1, -0.05) is 18.2 Å². The fourth-order valence-corrected chi connectivity index (χ4v) is 2.80. The van der Waals surface area contributed by atoms with Crippen LogP contribution in [0.2, 0.25) is 0 Å². The van der Waals surface area contributed by atoms with Gasteiger partial charge >= 0.3 is 0 Å². The zero-order valence-corrected chi connectivity index (χ0v) is 12.1. The summed E-state index contributed by atoms with van der Waals surface area (Å²) in [7, 11) is 1.64. The lowest BCUT2D eigenvalue weighted by molar-refractivity contribution is 0.0943. The molecule has 0 aliphatic heterocycles. The Bertz CT molecular complexity index is 577. The van der Waals surface area contributed by atoms with Crippen molar-refractivity contribution in [3.63, 3.8) is 0 Å². The summed E-state index contributed by atoms with van der Waals surface area (Å²) >= 11 is 1.46. The van der Waals surface area contributed by atoms with Crippen molar-refractivity contribution < 1.29 is 9.53 Å². The number of benzene rings is 1. The van der Waals surface area contributed by atoms with Crippen LogP contribution in [0.3, 0.4) is 0 Å². The Morgan fingerprint density at radius 2 is 2.05 bits per heavy atom. The van der Waals surface area contributed by atoms with E-state index in [1.807, 2.05) is 49.6 Å². The van der Waals surface area contributed by atoms with Crippen LogP contribution in [-0.2, 0) is 0 Å². The predicted molar refractivity (Wildman–Crippen MR) is 77.9 cm³/mol. The zero-order valence-electron chi connectivity index (χ0n) is 11.3. The van der Waals surface area contributed by atoms with E-state index in [2.05, 4.69) is 5.32 Å². The fraction of sp³-hybridized carbons (Fsp3) is 0.267. The molecule has 100 valence electrons. The third-order valence-corrected chi connectivity index (χ3v) is 4.04. The van der Waals surface area contributed by atoms with Gasteiger partial charge in [0.25, 0.3) is 5.91 Å². The van der Waals surface area contributed by atoms with E-state index in [-0.39, 0.29) is 11.9 Å². The molecular weight excluding hydrogens is 258 g/mol. The number of carbonyl (C=O) groups excluding carboxylic acids is 1. The van der Waals surface area contributed by atoms with Gasteiger partial charge in [0.1, 0.15) is 5.75 Å². The molecule has 0 aliphatic rings. The van der Waals surface area contributed by atoms with Crippen molar-refractivity contribution in [2.75, 3.05) is 7.11 Å². The molecule has 1 aromatic carbocycles. The first-order chi connectivity index (χ1) is 9.13. The highest BCUT2D eigenvalue weighted by molar-refractivity contribution is 7.12. The molecule has 2 rings (SSSR count). The molecule has 1 amide bonds. The quantitative estimate of drug-likeness (QED) is 0.926. The van der Waals surface area contributed by atoms with Gasteiger partial charge in [-0.25, -0.2) is 0 Å². The minimum absolute atomic E-state index is 0.0362. The van der Waals surface area contributed by atoms with Crippen LogP contribution in [-0.4, -0.2) is 13.0 Å². The molecule has 19 heavy (non-hydrogen) atoms. The predicted octanol–water partition coefficient (Wildman–Crippen LogP) is 3.56. The van der Waals surface area contributed by atoms with Crippen LogP contribution in [0, 0.1) is 6.92 Å². The average molecular weight is 275 g/mol. The summed E-state index contributed by atoms with van der Waals surface area (Å²) in [5, 5.41) is 4.93. The van der Waals surface area contributed by atoms with Crippen molar-refractivity contribution in [1.82, 2.24) is 5.32 Å². The number of hydrogen-bond acceptors (Lipinski definition) is 3. The number of carbonyl (C=O) groups is 1. The molecule has 4 heteroatoms. The molecule has 0 saturated heterocycles. The van der Waals surface area contributed by atoms with Gasteiger partial charge in [0.05, 0.1) is 18.0 Å². The van der Waals surface area contributed by atoms with Crippen molar-refractivity contribution in [3.05, 3.63) is 51.7 Å². The number of nitrogens with one attached hydrogen (secondary N) is 1. The molecule has 1 aromatic heterocycles. The number of rotatable bonds is 4. The van der Waals surface area contributed by atoms with Crippen LogP contribution >= 0.6 is 11.3 Å². The van der Waals surface area contributed by atoms with E-state index in [9.17, 15) is 4.79 Å². The van der Waals surface area contributed by atoms with E-state index in [0.29, 0.717) is 0 Å². The lowest BCUT2D eigenvalue weighted by Crippen LogP contribution is -2.26. The average Bonchev–Trinajstić information content (AvgIpc) is 2.85. The van der Waals surface area contributed by atoms with Crippen molar-refractivity contribution in [1.29, 1.82) is 0 Å². The third kappa shape index (κ3) is 2.96. The highest BCUT2D eigenvalue weighted by atomic mass is 32.1. The van der Waals surface area contributed by atoms with E-state index in [0.717, 1.165) is 21.8 Å². The fourth-order valence-electron chi connectivity index (χ4n) is 1.97. The van der Waals surface area contributed by atoms with Crippen molar-refractivity contribution >= 4 is 17.2 Å². The molecule has 0 radical (unpaired) electrons. The molecule has 0 saturated carbocycles. The van der Waals surface area contributed by atoms with Crippen LogP contribution in [0.4, 0.5) is 0 Å². The van der Waals surface area contributed by atoms with Crippen LogP contribution in [0.1, 0.15) is 33.8 Å². The van der Waals surface area contributed by atoms with E-state index in [1.54, 1.807) is 7.11 Å². The van der Waals surface area contributed by atoms with E-state index in [1.165, 1.54) is 11.3 Å². The Morgan fingerprint density at radius 3 is 2.68 bits per heavy atom. The number of hydrogen-bond donors (Lipinski definition) is 1. The smallest absolute Gasteiger partial charge is 0.262 e. The van der Waals surface area contributed by atoms with Gasteiger partial charge in [0.2, 0.25) is 0 Å². The molecular formula is C15H17NO2S. The highest BCUT2D eigenvalue weighted by Crippen LogP contribution is 2.25. The number of para-hydroxylation sites is 1. The largest absolute Gasteiger partial charge is 0.496 e. The van der Waals surface area contributed by atoms with Crippen LogP contribution in [0.25, 0.3) is 0 Å². The molecule has 1 atom stereocenters. The van der Waals surface area contributed by atoms with Crippen LogP contribution < -0.4 is 10.1 Å². The van der Waals surface area contributed by atoms with Gasteiger partial charge in [0.15, 0.2) is 0 Å². The maximum Gasteiger partial charge on any atom is 0.262 e. The maximum atomic E-state index is 12.2. The van der Waals surface area contributed by atoms with Gasteiger partial charge in [-0.15, -0.1) is 11.3 Å². The molecule has 2 aromatic rings. The van der Waals surface area contributed by atoms with Gasteiger partial charge in [-0.05, 0) is 36.9 Å². The molecule has 0 spiro atoms. The summed E-state index contributed by atoms with van der Waals surface area (Å²) in [6, 6.07) is 9.58. The van der Waals surface area contributed by atoms with E-state index < -0.39 is 0 Å². The van der Waals surface area contributed by atoms with Gasteiger partial charge < -0.3 is 10.1 Å². The Morgan fingerprint density at radius 1 is 1.32 bits per heavy atom. The summed E-state index contributed by atoms with van der Waals surface area (Å²) in [4.78, 5) is 12.9. The van der Waals surface area contributed by atoms with Gasteiger partial charge in [0, 0.05) is 5.56 Å². The number of amides is 1. The van der Waals surface area contributed by atoms with Crippen LogP contribution in [0.15, 0.2) is 35.7 Å². The summed E-state index contributed by atoms with van der Waals surface area (Å²) in [5.41, 5.74) is 1.99. The van der Waals surface area contributed by atoms with Gasteiger partial charge in [-0.3, -0.25) is 4.79 Å². The summed E-state index contributed by atoms with van der Waals surface area (Å²) < 4.78 is 5.31. The second-order valence-electron chi connectivity index (χ2n) is 4.37. The van der Waals surface area contributed by atoms with Crippen molar-refractivity contribution in [2.45, 2.75) is 19.9 Å². The summed E-state index contributed by atoms with van der Waals surface area (Å²) in [6.07, 6.45) is 0. The minimum Gasteiger partial charge on any atom is -0.496 e. The lowest BCUT2D eigenvalue weighted by atomic mass is 10.1. The molecule has 1 heterocycles. The van der Waals surface area contributed by atoms with Crippen LogP contribution in [0.5, 0.6) is 5.75 Å². The second kappa shape index (κ2) is 5.89. The van der Waals surface area contributed by atoms with Gasteiger partial charge in [-0.2, -0.15) is 0 Å². The third-order valence-electron chi connectivity index (χ3n) is 3.02. The standard InChI is InChI=1S/C15H17NO2S/c1-10-8-9-19-14(10)15(17)16-11(2)12-6-4-5-7-13(12)18-3/h4-9,11H,1-3H3,(H,16,17)/t11-/m1/s1. The normalized spacial score (nSPS) is 11.9. The Hall–Kier alpha value is -1.81. The number of methoxy groups -OCH3 is 1. The molecule has 0 fully saturated rings. The Labute approximate surface area is 117 Å². The maximum absolute atomic E-state index is 12.2. The molecule has 3 nitrogen and oxygen atoms in total. The molecule has 1 N–H and O–H groups in total. The first-order valence-corrected chi connectivity index (χ1v) is 6.99. The lowest BCUT2D eigenvalue weighted by Gasteiger charge is -2.17. The van der Waals surface area contributed by atoms with Crippen molar-refractivity contribution in [2.24, 2.45) is 0 Å². The van der Waals surface area contributed by atoms with E-state index in [4.69, 9.17) is 4.74 Å². The number of aryl methyl sites for hydroxylation is 1. The molecule has 0 bridgehead atoms. The summed E-state index contributed by atoms with van der Waals surface area (Å²) in [6.45, 7) is 3.90. The Kier molecular flexibility index (Phi) is 4.22. The second-order valence-corrected chi connectivity index (χ2v) is 5.29.